The topological polar surface area (TPSA) is 83.1 Å². The Morgan fingerprint density at radius 2 is 1.51 bits per heavy atom. The van der Waals surface area contributed by atoms with E-state index in [4.69, 9.17) is 18.4 Å². The Kier molecular flexibility index (Phi) is 10.9. The summed E-state index contributed by atoms with van der Waals surface area (Å²) in [4.78, 5) is 0.110. The van der Waals surface area contributed by atoms with Crippen molar-refractivity contribution in [3.63, 3.8) is 0 Å². The molecule has 0 spiro atoms. The smallest absolute Gasteiger partial charge is 0.296 e. The van der Waals surface area contributed by atoms with E-state index in [0.717, 1.165) is 51.9 Å². The molecule has 6 rings (SSSR count). The summed E-state index contributed by atoms with van der Waals surface area (Å²) in [6.45, 7) is 8.11. The lowest BCUT2D eigenvalue weighted by atomic mass is 9.99. The van der Waals surface area contributed by atoms with Crippen molar-refractivity contribution in [3.8, 4) is 34.1 Å². The molecule has 1 fully saturated rings. The lowest BCUT2D eigenvalue weighted by Gasteiger charge is -2.23. The number of nitrogens with one attached hydrogen (secondary N) is 1. The van der Waals surface area contributed by atoms with Crippen molar-refractivity contribution in [2.75, 3.05) is 19.8 Å². The maximum Gasteiger partial charge on any atom is 0.296 e. The summed E-state index contributed by atoms with van der Waals surface area (Å²) >= 11 is 0. The van der Waals surface area contributed by atoms with Gasteiger partial charge in [-0.2, -0.15) is 8.42 Å². The van der Waals surface area contributed by atoms with Gasteiger partial charge in [0.1, 0.15) is 29.6 Å². The molecule has 1 heterocycles. The van der Waals surface area contributed by atoms with Crippen molar-refractivity contribution in [1.82, 2.24) is 5.32 Å². The fourth-order valence-electron chi connectivity index (χ4n) is 5.78. The first-order chi connectivity index (χ1) is 23.6. The fraction of sp³-hybridized carbons (Fsp3) is 0.317. The molecule has 5 aromatic carbocycles. The summed E-state index contributed by atoms with van der Waals surface area (Å²) in [6, 6.07) is 35.0. The van der Waals surface area contributed by atoms with Crippen molar-refractivity contribution in [2.24, 2.45) is 5.41 Å². The molecule has 1 unspecified atom stereocenters. The first-order valence-electron chi connectivity index (χ1n) is 17.0. The van der Waals surface area contributed by atoms with Gasteiger partial charge in [-0.25, -0.2) is 0 Å². The van der Waals surface area contributed by atoms with Crippen LogP contribution in [0.2, 0.25) is 0 Å². The van der Waals surface area contributed by atoms with Gasteiger partial charge < -0.3 is 19.5 Å². The molecule has 0 bridgehead atoms. The molecule has 256 valence electrons. The quantitative estimate of drug-likeness (QED) is 0.124. The standard InChI is InChI=1S/C41H45NO6S/c1-41(2,3)29-47-49(43,44)37-20-12-31(13-21-37)38-22-14-32-27-36(46-28-30-9-5-4-6-10-30)19-23-39(32)40(38)48-35-17-15-34(16-18-35)45-26-24-33-11-7-8-25-42-33/h4-6,9-10,12-23,27,33,42H,7-8,11,24-26,28-29H2,1-3H3. The first kappa shape index (κ1) is 34.5. The SMILES string of the molecule is CC(C)(C)COS(=O)(=O)c1ccc(-c2ccc3cc(OCc4ccccc4)ccc3c2Oc2ccc(OCCC3CCCCN3)cc2)cc1. The van der Waals surface area contributed by atoms with E-state index >= 15 is 0 Å². The molecule has 0 aromatic heterocycles. The van der Waals surface area contributed by atoms with Crippen LogP contribution in [0.3, 0.4) is 0 Å². The van der Waals surface area contributed by atoms with Crippen LogP contribution >= 0.6 is 0 Å². The summed E-state index contributed by atoms with van der Waals surface area (Å²) in [7, 11) is -3.89. The molecule has 7 nitrogen and oxygen atoms in total. The number of ether oxygens (including phenoxy) is 3. The third kappa shape index (κ3) is 9.41. The Morgan fingerprint density at radius 3 is 2.22 bits per heavy atom. The summed E-state index contributed by atoms with van der Waals surface area (Å²) in [5.74, 6) is 2.87. The number of benzene rings is 5. The van der Waals surface area contributed by atoms with Crippen molar-refractivity contribution in [1.29, 1.82) is 0 Å². The van der Waals surface area contributed by atoms with Gasteiger partial charge in [0, 0.05) is 17.0 Å². The van der Waals surface area contributed by atoms with E-state index in [1.54, 1.807) is 24.3 Å². The van der Waals surface area contributed by atoms with E-state index < -0.39 is 10.1 Å². The van der Waals surface area contributed by atoms with Gasteiger partial charge in [-0.1, -0.05) is 75.7 Å². The van der Waals surface area contributed by atoms with Crippen molar-refractivity contribution in [3.05, 3.63) is 115 Å². The number of rotatable bonds is 13. The van der Waals surface area contributed by atoms with Crippen molar-refractivity contribution >= 4 is 20.9 Å². The molecule has 0 saturated carbocycles. The number of piperidine rings is 1. The number of hydrogen-bond acceptors (Lipinski definition) is 7. The Hall–Kier alpha value is -4.37. The van der Waals surface area contributed by atoms with Crippen LogP contribution in [-0.4, -0.2) is 34.2 Å². The minimum absolute atomic E-state index is 0.0956. The van der Waals surface area contributed by atoms with Crippen LogP contribution in [0.15, 0.2) is 114 Å². The van der Waals surface area contributed by atoms with E-state index in [0.29, 0.717) is 30.8 Å². The molecular formula is C41H45NO6S. The van der Waals surface area contributed by atoms with Crippen LogP contribution in [0.4, 0.5) is 0 Å². The average molecular weight is 680 g/mol. The predicted molar refractivity (Wildman–Crippen MR) is 195 cm³/mol. The van der Waals surface area contributed by atoms with Gasteiger partial charge in [0.05, 0.1) is 18.1 Å². The molecule has 49 heavy (non-hydrogen) atoms. The molecule has 1 saturated heterocycles. The lowest BCUT2D eigenvalue weighted by Crippen LogP contribution is -2.35. The zero-order valence-electron chi connectivity index (χ0n) is 28.5. The maximum absolute atomic E-state index is 12.9. The molecule has 0 amide bonds. The van der Waals surface area contributed by atoms with Crippen molar-refractivity contribution in [2.45, 2.75) is 64.0 Å². The van der Waals surface area contributed by atoms with Gasteiger partial charge in [-0.3, -0.25) is 4.18 Å². The van der Waals surface area contributed by atoms with Gasteiger partial charge in [-0.15, -0.1) is 0 Å². The summed E-state index contributed by atoms with van der Waals surface area (Å²) < 4.78 is 49.9. The zero-order chi connectivity index (χ0) is 34.3. The second-order valence-electron chi connectivity index (χ2n) is 13.8. The van der Waals surface area contributed by atoms with Gasteiger partial charge in [0.15, 0.2) is 0 Å². The molecule has 1 atom stereocenters. The van der Waals surface area contributed by atoms with E-state index in [-0.39, 0.29) is 16.9 Å². The van der Waals surface area contributed by atoms with Crippen LogP contribution in [0, 0.1) is 5.41 Å². The molecule has 0 radical (unpaired) electrons. The van der Waals surface area contributed by atoms with Crippen LogP contribution < -0.4 is 19.5 Å². The molecule has 1 N–H and O–H groups in total. The first-order valence-corrected chi connectivity index (χ1v) is 18.4. The third-order valence-electron chi connectivity index (χ3n) is 8.48. The van der Waals surface area contributed by atoms with Gasteiger partial charge in [0.25, 0.3) is 10.1 Å². The molecule has 8 heteroatoms. The van der Waals surface area contributed by atoms with Crippen LogP contribution in [-0.2, 0) is 20.9 Å². The Bertz CT molecular complexity index is 1930. The molecule has 0 aliphatic carbocycles. The minimum Gasteiger partial charge on any atom is -0.494 e. The van der Waals surface area contributed by atoms with Crippen LogP contribution in [0.25, 0.3) is 21.9 Å². The Balaban J connectivity index is 1.25. The molecular weight excluding hydrogens is 635 g/mol. The Morgan fingerprint density at radius 1 is 0.776 bits per heavy atom. The van der Waals surface area contributed by atoms with E-state index in [9.17, 15) is 8.42 Å². The highest BCUT2D eigenvalue weighted by molar-refractivity contribution is 7.86. The van der Waals surface area contributed by atoms with Crippen molar-refractivity contribution < 1.29 is 26.8 Å². The highest BCUT2D eigenvalue weighted by Crippen LogP contribution is 2.41. The molecule has 5 aromatic rings. The van der Waals surface area contributed by atoms with E-state index in [2.05, 4.69) is 5.32 Å². The second-order valence-corrected chi connectivity index (χ2v) is 15.4. The largest absolute Gasteiger partial charge is 0.494 e. The highest BCUT2D eigenvalue weighted by atomic mass is 32.2. The summed E-state index contributed by atoms with van der Waals surface area (Å²) in [5.41, 5.74) is 2.44. The van der Waals surface area contributed by atoms with Gasteiger partial charge in [0.2, 0.25) is 0 Å². The van der Waals surface area contributed by atoms with Crippen LogP contribution in [0.5, 0.6) is 23.0 Å². The predicted octanol–water partition coefficient (Wildman–Crippen LogP) is 9.54. The second kappa shape index (κ2) is 15.5. The number of fused-ring (bicyclic) bond motifs is 1. The van der Waals surface area contributed by atoms with E-state index in [1.807, 2.05) is 106 Å². The maximum atomic E-state index is 12.9. The zero-order valence-corrected chi connectivity index (χ0v) is 29.3. The monoisotopic (exact) mass is 679 g/mol. The lowest BCUT2D eigenvalue weighted by molar-refractivity contribution is 0.203. The highest BCUT2D eigenvalue weighted by Gasteiger charge is 2.21. The summed E-state index contributed by atoms with van der Waals surface area (Å²) in [6.07, 6.45) is 4.71. The number of hydrogen-bond donors (Lipinski definition) is 1. The molecule has 1 aliphatic rings. The minimum atomic E-state index is -3.89. The molecule has 1 aliphatic heterocycles. The Labute approximate surface area is 290 Å². The fourth-order valence-corrected chi connectivity index (χ4v) is 6.90. The summed E-state index contributed by atoms with van der Waals surface area (Å²) in [5, 5.41) is 5.42. The normalized spacial score (nSPS) is 15.2. The third-order valence-corrected chi connectivity index (χ3v) is 9.76. The average Bonchev–Trinajstić information content (AvgIpc) is 3.11. The van der Waals surface area contributed by atoms with Gasteiger partial charge in [-0.05, 0) is 108 Å². The van der Waals surface area contributed by atoms with Gasteiger partial charge >= 0.3 is 0 Å². The van der Waals surface area contributed by atoms with Crippen LogP contribution in [0.1, 0.15) is 52.0 Å². The van der Waals surface area contributed by atoms with E-state index in [1.165, 1.54) is 19.3 Å².